The van der Waals surface area contributed by atoms with E-state index in [4.69, 9.17) is 0 Å². The van der Waals surface area contributed by atoms with Crippen molar-refractivity contribution in [2.45, 2.75) is 55.9 Å². The first kappa shape index (κ1) is 27.1. The van der Waals surface area contributed by atoms with E-state index in [0.29, 0.717) is 0 Å². The lowest BCUT2D eigenvalue weighted by atomic mass is 10.2. The highest BCUT2D eigenvalue weighted by atomic mass is 32.2. The summed E-state index contributed by atoms with van der Waals surface area (Å²) in [5.41, 5.74) is 2.45. The normalized spacial score (nSPS) is 13.9. The molecule has 5 heteroatoms. The topological polar surface area (TPSA) is 3.24 Å². The Kier molecular flexibility index (Phi) is 7.28. The molecular weight excluding hydrogens is 599 g/mol. The summed E-state index contributed by atoms with van der Waals surface area (Å²) in [6.45, 7) is 3.14. The van der Waals surface area contributed by atoms with Crippen molar-refractivity contribution in [3.8, 4) is 0 Å². The van der Waals surface area contributed by atoms with E-state index in [0.717, 1.165) is 6.54 Å². The van der Waals surface area contributed by atoms with Crippen LogP contribution in [0.5, 0.6) is 0 Å². The Morgan fingerprint density at radius 3 is 1.02 bits per heavy atom. The van der Waals surface area contributed by atoms with Gasteiger partial charge in [-0.1, -0.05) is 72.1 Å². The van der Waals surface area contributed by atoms with E-state index < -0.39 is 0 Å². The Morgan fingerprint density at radius 1 is 0.419 bits per heavy atom. The second-order valence-electron chi connectivity index (χ2n) is 10.3. The van der Waals surface area contributed by atoms with E-state index in [9.17, 15) is 0 Å². The van der Waals surface area contributed by atoms with Gasteiger partial charge in [0.15, 0.2) is 29.4 Å². The summed E-state index contributed by atoms with van der Waals surface area (Å²) in [5.74, 6) is 0. The zero-order valence-electron chi connectivity index (χ0n) is 23.6. The second-order valence-corrected chi connectivity index (χ2v) is 16.4. The van der Waals surface area contributed by atoms with Crippen LogP contribution in [0.4, 0.5) is 11.4 Å². The van der Waals surface area contributed by atoms with Crippen LogP contribution in [0, 0.1) is 0 Å². The fraction of sp³-hybridized carbons (Fsp3) is 0.0526. The van der Waals surface area contributed by atoms with Crippen molar-refractivity contribution < 1.29 is 0 Å². The van der Waals surface area contributed by atoms with Crippen molar-refractivity contribution in [1.29, 1.82) is 0 Å². The third-order valence-electron chi connectivity index (χ3n) is 7.80. The maximum Gasteiger partial charge on any atom is 0.180 e. The molecule has 0 unspecified atom stereocenters. The average Bonchev–Trinajstić information content (AvgIpc) is 3.07. The maximum atomic E-state index is 2.41. The van der Waals surface area contributed by atoms with Gasteiger partial charge in [-0.3, -0.25) is 0 Å². The molecule has 1 nitrogen and oxygen atoms in total. The van der Waals surface area contributed by atoms with Crippen LogP contribution < -0.4 is 4.90 Å². The average molecular weight is 628 g/mol. The molecule has 0 aliphatic carbocycles. The summed E-state index contributed by atoms with van der Waals surface area (Å²) in [4.78, 5) is 16.3. The van der Waals surface area contributed by atoms with E-state index in [2.05, 4.69) is 157 Å². The number of fused-ring (bicyclic) bond motifs is 4. The van der Waals surface area contributed by atoms with Crippen LogP contribution in [-0.2, 0) is 21.8 Å². The predicted octanol–water partition coefficient (Wildman–Crippen LogP) is 11.0. The summed E-state index contributed by atoms with van der Waals surface area (Å²) >= 11 is 3.78. The Balaban J connectivity index is 1.11. The zero-order chi connectivity index (χ0) is 28.8. The standard InChI is InChI=1S/C38H29NS4/c1-2-39(27-19-23-29(24-20-27)42-35-15-7-3-11-31(35)40-32-12-4-8-16-36(32)42)28-21-25-30(26-22-28)43-37-17-9-5-13-33(37)41-34-14-6-10-18-38(34)43/h3-26H,2H2,1H3/q+2. The van der Waals surface area contributed by atoms with E-state index in [1.807, 2.05) is 23.5 Å². The molecule has 0 bridgehead atoms. The van der Waals surface area contributed by atoms with Crippen molar-refractivity contribution in [3.63, 3.8) is 0 Å². The minimum absolute atomic E-state index is 0.108. The van der Waals surface area contributed by atoms with Crippen LogP contribution in [0.1, 0.15) is 6.92 Å². The number of hydrogen-bond acceptors (Lipinski definition) is 3. The maximum absolute atomic E-state index is 2.41. The number of hydrogen-bond donors (Lipinski definition) is 0. The minimum atomic E-state index is -0.108. The van der Waals surface area contributed by atoms with Gasteiger partial charge in [-0.25, -0.2) is 0 Å². The highest BCUT2D eigenvalue weighted by molar-refractivity contribution is 8.04. The lowest BCUT2D eigenvalue weighted by Gasteiger charge is -2.24. The van der Waals surface area contributed by atoms with Gasteiger partial charge in [-0.2, -0.15) is 0 Å². The van der Waals surface area contributed by atoms with Gasteiger partial charge in [0.05, 0.1) is 19.6 Å². The zero-order valence-corrected chi connectivity index (χ0v) is 26.9. The fourth-order valence-corrected chi connectivity index (χ4v) is 13.3. The molecule has 2 aliphatic rings. The molecule has 0 radical (unpaired) electrons. The lowest BCUT2D eigenvalue weighted by molar-refractivity contribution is 1.02. The van der Waals surface area contributed by atoms with Gasteiger partial charge in [-0.05, 0) is 104 Å². The highest BCUT2D eigenvalue weighted by Crippen LogP contribution is 2.49. The third kappa shape index (κ3) is 4.89. The van der Waals surface area contributed by atoms with Crippen molar-refractivity contribution in [3.05, 3.63) is 146 Å². The SMILES string of the molecule is CCN(c1ccc([S+]2c3ccccc3Sc3ccccc32)cc1)c1ccc([S+]2c3ccccc3Sc3ccccc32)cc1. The number of nitrogens with zero attached hydrogens (tertiary/aromatic N) is 1. The molecule has 0 fully saturated rings. The first-order valence-corrected chi connectivity index (χ1v) is 18.5. The second kappa shape index (κ2) is 11.5. The lowest BCUT2D eigenvalue weighted by Crippen LogP contribution is -2.17. The van der Waals surface area contributed by atoms with Crippen LogP contribution in [-0.4, -0.2) is 6.54 Å². The first-order chi connectivity index (χ1) is 21.3. The van der Waals surface area contributed by atoms with E-state index in [-0.39, 0.29) is 21.8 Å². The molecule has 2 aliphatic heterocycles. The van der Waals surface area contributed by atoms with Gasteiger partial charge < -0.3 is 4.90 Å². The smallest absolute Gasteiger partial charge is 0.180 e. The van der Waals surface area contributed by atoms with Crippen LogP contribution in [0.2, 0.25) is 0 Å². The third-order valence-corrected chi connectivity index (χ3v) is 15.3. The Morgan fingerprint density at radius 2 is 0.721 bits per heavy atom. The molecule has 0 saturated carbocycles. The van der Waals surface area contributed by atoms with Crippen LogP contribution in [0.3, 0.4) is 0 Å². The van der Waals surface area contributed by atoms with Crippen LogP contribution in [0.15, 0.2) is 195 Å². The van der Waals surface area contributed by atoms with E-state index in [1.54, 1.807) is 0 Å². The fourth-order valence-electron chi connectivity index (χ4n) is 5.83. The molecule has 6 aromatic carbocycles. The highest BCUT2D eigenvalue weighted by Gasteiger charge is 2.39. The van der Waals surface area contributed by atoms with Crippen LogP contribution >= 0.6 is 23.5 Å². The van der Waals surface area contributed by atoms with E-state index >= 15 is 0 Å². The van der Waals surface area contributed by atoms with Gasteiger partial charge in [0.1, 0.15) is 21.8 Å². The largest absolute Gasteiger partial charge is 0.342 e. The Bertz CT molecular complexity index is 1700. The molecule has 0 saturated heterocycles. The van der Waals surface area contributed by atoms with Gasteiger partial charge >= 0.3 is 0 Å². The Labute approximate surface area is 268 Å². The molecule has 2 heterocycles. The number of benzene rings is 6. The summed E-state index contributed by atoms with van der Waals surface area (Å²) in [5, 5.41) is 0. The molecule has 208 valence electrons. The quantitative estimate of drug-likeness (QED) is 0.175. The summed E-state index contributed by atoms with van der Waals surface area (Å²) in [7, 11) is -0.217. The van der Waals surface area contributed by atoms with Crippen molar-refractivity contribution in [2.24, 2.45) is 0 Å². The van der Waals surface area contributed by atoms with Gasteiger partial charge in [-0.15, -0.1) is 0 Å². The van der Waals surface area contributed by atoms with E-state index in [1.165, 1.54) is 60.3 Å². The monoisotopic (exact) mass is 627 g/mol. The molecule has 43 heavy (non-hydrogen) atoms. The molecule has 0 aromatic heterocycles. The minimum Gasteiger partial charge on any atom is -0.342 e. The van der Waals surface area contributed by atoms with Crippen molar-refractivity contribution in [1.82, 2.24) is 0 Å². The van der Waals surface area contributed by atoms with Gasteiger partial charge in [0.25, 0.3) is 0 Å². The number of anilines is 2. The molecule has 0 amide bonds. The molecule has 0 atom stereocenters. The first-order valence-electron chi connectivity index (χ1n) is 14.5. The summed E-state index contributed by atoms with van der Waals surface area (Å²) < 4.78 is 0. The molecule has 8 rings (SSSR count). The predicted molar refractivity (Wildman–Crippen MR) is 184 cm³/mol. The van der Waals surface area contributed by atoms with Crippen molar-refractivity contribution in [2.75, 3.05) is 11.4 Å². The Hall–Kier alpha value is -3.48. The van der Waals surface area contributed by atoms with Crippen LogP contribution in [0.25, 0.3) is 0 Å². The van der Waals surface area contributed by atoms with Crippen molar-refractivity contribution >= 4 is 56.7 Å². The van der Waals surface area contributed by atoms with Gasteiger partial charge in [0, 0.05) is 17.9 Å². The molecule has 0 spiro atoms. The molecule has 0 N–H and O–H groups in total. The molecular formula is C38H29NS4+2. The summed E-state index contributed by atoms with van der Waals surface area (Å²) in [6.07, 6.45) is 0. The molecule has 6 aromatic rings. The number of rotatable bonds is 5. The van der Waals surface area contributed by atoms with Gasteiger partial charge in [0.2, 0.25) is 0 Å². The summed E-state index contributed by atoms with van der Waals surface area (Å²) in [6, 6.07) is 54.2.